The van der Waals surface area contributed by atoms with E-state index in [1.54, 1.807) is 31.2 Å². The van der Waals surface area contributed by atoms with Crippen molar-refractivity contribution in [2.24, 2.45) is 5.92 Å². The minimum atomic E-state index is -0.590. The lowest BCUT2D eigenvalue weighted by molar-refractivity contribution is -0.145. The molecule has 1 aromatic rings. The summed E-state index contributed by atoms with van der Waals surface area (Å²) in [6.45, 7) is 10.1. The Bertz CT molecular complexity index is 415. The van der Waals surface area contributed by atoms with Crippen LogP contribution in [0.25, 0.3) is 0 Å². The molecule has 0 aliphatic carbocycles. The summed E-state index contributed by atoms with van der Waals surface area (Å²) < 4.78 is 4.99. The second kappa shape index (κ2) is 10.9. The van der Waals surface area contributed by atoms with Gasteiger partial charge in [-0.05, 0) is 31.4 Å². The van der Waals surface area contributed by atoms with Gasteiger partial charge in [0.2, 0.25) is 0 Å². The van der Waals surface area contributed by atoms with E-state index in [0.717, 1.165) is 0 Å². The summed E-state index contributed by atoms with van der Waals surface area (Å²) in [6, 6.07) is 8.26. The van der Waals surface area contributed by atoms with Crippen LogP contribution in [-0.4, -0.2) is 24.5 Å². The molecule has 1 aromatic carbocycles. The van der Waals surface area contributed by atoms with Crippen LogP contribution in [0.1, 0.15) is 51.4 Å². The van der Waals surface area contributed by atoms with Gasteiger partial charge in [-0.25, -0.2) is 4.79 Å². The molecule has 4 heteroatoms. The maximum Gasteiger partial charge on any atom is 0.328 e. The van der Waals surface area contributed by atoms with Crippen LogP contribution in [0, 0.1) is 5.92 Å². The molecule has 1 atom stereocenters. The molecule has 4 nitrogen and oxygen atoms in total. The summed E-state index contributed by atoms with van der Waals surface area (Å²) in [4.78, 5) is 23.8. The van der Waals surface area contributed by atoms with Gasteiger partial charge in [-0.1, -0.05) is 45.9 Å². The first-order valence-corrected chi connectivity index (χ1v) is 7.57. The van der Waals surface area contributed by atoms with Crippen LogP contribution in [0.3, 0.4) is 0 Å². The Kier molecular flexibility index (Phi) is 9.94. The van der Waals surface area contributed by atoms with Crippen molar-refractivity contribution in [3.8, 4) is 0 Å². The minimum absolute atomic E-state index is 0.251. The third kappa shape index (κ3) is 7.49. The van der Waals surface area contributed by atoms with Gasteiger partial charge < -0.3 is 10.1 Å². The van der Waals surface area contributed by atoms with E-state index in [4.69, 9.17) is 4.74 Å². The number of nitrogens with one attached hydrogen (secondary N) is 1. The standard InChI is InChI=1S/C15H21NO3.C2H6/c1-4-19-15(18)13(10-11(2)3)16-14(17)12-8-6-5-7-9-12;1-2/h5-9,11,13H,4,10H2,1-3H3,(H,16,17);1-2H3. The molecule has 0 spiro atoms. The van der Waals surface area contributed by atoms with Crippen molar-refractivity contribution in [3.63, 3.8) is 0 Å². The zero-order chi connectivity index (χ0) is 16.3. The van der Waals surface area contributed by atoms with Gasteiger partial charge in [0.15, 0.2) is 0 Å². The van der Waals surface area contributed by atoms with Crippen LogP contribution in [-0.2, 0) is 9.53 Å². The third-order valence-corrected chi connectivity index (χ3v) is 2.62. The molecule has 0 aromatic heterocycles. The van der Waals surface area contributed by atoms with Crippen molar-refractivity contribution < 1.29 is 14.3 Å². The van der Waals surface area contributed by atoms with E-state index in [1.807, 2.05) is 33.8 Å². The van der Waals surface area contributed by atoms with E-state index >= 15 is 0 Å². The molecule has 1 amide bonds. The van der Waals surface area contributed by atoms with E-state index in [9.17, 15) is 9.59 Å². The summed E-state index contributed by atoms with van der Waals surface area (Å²) >= 11 is 0. The lowest BCUT2D eigenvalue weighted by atomic mass is 10.0. The van der Waals surface area contributed by atoms with Crippen molar-refractivity contribution in [3.05, 3.63) is 35.9 Å². The molecule has 21 heavy (non-hydrogen) atoms. The van der Waals surface area contributed by atoms with Gasteiger partial charge in [-0.15, -0.1) is 0 Å². The topological polar surface area (TPSA) is 55.4 Å². The first kappa shape index (κ1) is 19.2. The highest BCUT2D eigenvalue weighted by Gasteiger charge is 2.23. The van der Waals surface area contributed by atoms with E-state index in [0.29, 0.717) is 24.5 Å². The van der Waals surface area contributed by atoms with Crippen LogP contribution in [0.15, 0.2) is 30.3 Å². The number of carbonyl (C=O) groups excluding carboxylic acids is 2. The van der Waals surface area contributed by atoms with Crippen molar-refractivity contribution in [1.29, 1.82) is 0 Å². The van der Waals surface area contributed by atoms with Gasteiger partial charge in [-0.2, -0.15) is 0 Å². The molecule has 0 saturated heterocycles. The summed E-state index contributed by atoms with van der Waals surface area (Å²) in [5.41, 5.74) is 0.542. The van der Waals surface area contributed by atoms with Crippen molar-refractivity contribution in [2.45, 2.75) is 47.1 Å². The molecule has 0 radical (unpaired) electrons. The van der Waals surface area contributed by atoms with Gasteiger partial charge >= 0.3 is 5.97 Å². The second-order valence-corrected chi connectivity index (χ2v) is 4.77. The smallest absolute Gasteiger partial charge is 0.328 e. The highest BCUT2D eigenvalue weighted by molar-refractivity contribution is 5.96. The summed E-state index contributed by atoms with van der Waals surface area (Å²) in [6.07, 6.45) is 0.567. The molecule has 0 heterocycles. The van der Waals surface area contributed by atoms with Crippen LogP contribution in [0.4, 0.5) is 0 Å². The lowest BCUT2D eigenvalue weighted by Crippen LogP contribution is -2.42. The summed E-state index contributed by atoms with van der Waals surface area (Å²) in [5, 5.41) is 2.74. The maximum absolute atomic E-state index is 12.0. The number of hydrogen-bond acceptors (Lipinski definition) is 3. The SMILES string of the molecule is CC.CCOC(=O)C(CC(C)C)NC(=O)c1ccccc1. The molecular formula is C17H27NO3. The number of amides is 1. The van der Waals surface area contributed by atoms with E-state index in [2.05, 4.69) is 5.32 Å². The number of esters is 1. The Labute approximate surface area is 127 Å². The van der Waals surface area contributed by atoms with Crippen molar-refractivity contribution >= 4 is 11.9 Å². The predicted octanol–water partition coefficient (Wildman–Crippen LogP) is 3.42. The number of ether oxygens (including phenoxy) is 1. The fraction of sp³-hybridized carbons (Fsp3) is 0.529. The number of hydrogen-bond donors (Lipinski definition) is 1. The average Bonchev–Trinajstić information content (AvgIpc) is 2.49. The Morgan fingerprint density at radius 1 is 1.14 bits per heavy atom. The molecular weight excluding hydrogens is 266 g/mol. The molecule has 1 unspecified atom stereocenters. The fourth-order valence-electron chi connectivity index (χ4n) is 1.76. The Morgan fingerprint density at radius 3 is 2.19 bits per heavy atom. The average molecular weight is 293 g/mol. The lowest BCUT2D eigenvalue weighted by Gasteiger charge is -2.19. The number of rotatable bonds is 6. The Balaban J connectivity index is 0.00000191. The summed E-state index contributed by atoms with van der Waals surface area (Å²) in [5.74, 6) is -0.328. The fourth-order valence-corrected chi connectivity index (χ4v) is 1.76. The highest BCUT2D eigenvalue weighted by atomic mass is 16.5. The van der Waals surface area contributed by atoms with Gasteiger partial charge in [0.25, 0.3) is 5.91 Å². The van der Waals surface area contributed by atoms with Gasteiger partial charge in [0, 0.05) is 5.56 Å². The van der Waals surface area contributed by atoms with E-state index in [-0.39, 0.29) is 11.9 Å². The molecule has 0 fully saturated rings. The molecule has 0 bridgehead atoms. The molecule has 0 saturated carbocycles. The largest absolute Gasteiger partial charge is 0.464 e. The van der Waals surface area contributed by atoms with Gasteiger partial charge in [0.1, 0.15) is 6.04 Å². The monoisotopic (exact) mass is 293 g/mol. The molecule has 1 N–H and O–H groups in total. The van der Waals surface area contributed by atoms with E-state index < -0.39 is 6.04 Å². The Morgan fingerprint density at radius 2 is 1.71 bits per heavy atom. The van der Waals surface area contributed by atoms with Crippen LogP contribution in [0.5, 0.6) is 0 Å². The third-order valence-electron chi connectivity index (χ3n) is 2.62. The zero-order valence-electron chi connectivity index (χ0n) is 13.7. The van der Waals surface area contributed by atoms with E-state index in [1.165, 1.54) is 0 Å². The van der Waals surface area contributed by atoms with Gasteiger partial charge in [0.05, 0.1) is 6.61 Å². The summed E-state index contributed by atoms with van der Waals surface area (Å²) in [7, 11) is 0. The normalized spacial score (nSPS) is 11.1. The quantitative estimate of drug-likeness (QED) is 0.818. The highest BCUT2D eigenvalue weighted by Crippen LogP contribution is 2.08. The van der Waals surface area contributed by atoms with Crippen molar-refractivity contribution in [1.82, 2.24) is 5.32 Å². The molecule has 0 aliphatic rings. The van der Waals surface area contributed by atoms with Crippen LogP contribution < -0.4 is 5.32 Å². The number of benzene rings is 1. The van der Waals surface area contributed by atoms with Gasteiger partial charge in [-0.3, -0.25) is 4.79 Å². The van der Waals surface area contributed by atoms with Crippen LogP contribution in [0.2, 0.25) is 0 Å². The molecule has 0 aliphatic heterocycles. The number of carbonyl (C=O) groups is 2. The first-order chi connectivity index (χ1) is 10.0. The predicted molar refractivity (Wildman–Crippen MR) is 85.1 cm³/mol. The van der Waals surface area contributed by atoms with Crippen molar-refractivity contribution in [2.75, 3.05) is 6.61 Å². The maximum atomic E-state index is 12.0. The second-order valence-electron chi connectivity index (χ2n) is 4.77. The van der Waals surface area contributed by atoms with Crippen LogP contribution >= 0.6 is 0 Å². The first-order valence-electron chi connectivity index (χ1n) is 7.57. The Hall–Kier alpha value is -1.84. The molecule has 1 rings (SSSR count). The minimum Gasteiger partial charge on any atom is -0.464 e. The molecule has 118 valence electrons. The zero-order valence-corrected chi connectivity index (χ0v) is 13.7.